The minimum atomic E-state index is 0.942. The Bertz CT molecular complexity index is 2690. The molecule has 10 aromatic rings. The summed E-state index contributed by atoms with van der Waals surface area (Å²) in [6.45, 7) is 0. The van der Waals surface area contributed by atoms with Crippen LogP contribution in [-0.2, 0) is 0 Å². The molecule has 208 valence electrons. The van der Waals surface area contributed by atoms with E-state index in [4.69, 9.17) is 4.42 Å². The SMILES string of the molecule is c1ccc2cc(-c3ccc(-c4c5ccccc5c(-c5ccc6ccc7cccc8oc5c6c78)c5ccccc45)cc3)ccc2c1. The van der Waals surface area contributed by atoms with Crippen LogP contribution in [0, 0.1) is 0 Å². The molecular formula is C44H26O. The number of furan rings is 1. The summed E-state index contributed by atoms with van der Waals surface area (Å²) in [5, 5.41) is 12.3. The Morgan fingerprint density at radius 3 is 1.60 bits per heavy atom. The van der Waals surface area contributed by atoms with Crippen LogP contribution < -0.4 is 0 Å². The van der Waals surface area contributed by atoms with Crippen molar-refractivity contribution in [1.82, 2.24) is 0 Å². The molecule has 0 spiro atoms. The zero-order chi connectivity index (χ0) is 29.5. The number of benzene rings is 9. The largest absolute Gasteiger partial charge is 0.455 e. The zero-order valence-electron chi connectivity index (χ0n) is 24.4. The molecule has 0 aliphatic rings. The molecule has 0 bridgehead atoms. The number of fused-ring (bicyclic) bond motifs is 3. The first-order valence-corrected chi connectivity index (χ1v) is 15.5. The van der Waals surface area contributed by atoms with Crippen molar-refractivity contribution in [1.29, 1.82) is 0 Å². The minimum Gasteiger partial charge on any atom is -0.455 e. The van der Waals surface area contributed by atoms with Crippen molar-refractivity contribution in [2.75, 3.05) is 0 Å². The first-order valence-electron chi connectivity index (χ1n) is 15.5. The van der Waals surface area contributed by atoms with E-state index in [9.17, 15) is 0 Å². The monoisotopic (exact) mass is 570 g/mol. The number of hydrogen-bond acceptors (Lipinski definition) is 1. The second-order valence-corrected chi connectivity index (χ2v) is 12.0. The molecule has 1 aromatic heterocycles. The van der Waals surface area contributed by atoms with Gasteiger partial charge >= 0.3 is 0 Å². The quantitative estimate of drug-likeness (QED) is 0.152. The van der Waals surface area contributed by atoms with E-state index in [2.05, 4.69) is 158 Å². The van der Waals surface area contributed by atoms with Gasteiger partial charge in [0.15, 0.2) is 0 Å². The highest BCUT2D eigenvalue weighted by Crippen LogP contribution is 2.48. The Labute approximate surface area is 259 Å². The summed E-state index contributed by atoms with van der Waals surface area (Å²) < 4.78 is 6.69. The molecule has 10 rings (SSSR count). The van der Waals surface area contributed by atoms with Crippen molar-refractivity contribution in [2.24, 2.45) is 0 Å². The van der Waals surface area contributed by atoms with E-state index < -0.39 is 0 Å². The standard InChI is InChI=1S/C44H26O/c1-2-9-32-26-33(23-18-27(32)8-1)28-16-19-30(20-17-28)40-34-11-3-5-13-36(34)43(37-14-6-4-12-35(37)40)38-25-24-31-22-21-29-10-7-15-39-41(29)42(31)44(38)45-39/h1-26H. The lowest BCUT2D eigenvalue weighted by molar-refractivity contribution is 0.670. The molecule has 0 fully saturated rings. The molecule has 0 aliphatic carbocycles. The van der Waals surface area contributed by atoms with Gasteiger partial charge in [-0.1, -0.05) is 140 Å². The Kier molecular flexibility index (Phi) is 5.06. The first kappa shape index (κ1) is 24.5. The second kappa shape index (κ2) is 9.29. The number of rotatable bonds is 3. The van der Waals surface area contributed by atoms with Gasteiger partial charge in [-0.15, -0.1) is 0 Å². The smallest absolute Gasteiger partial charge is 0.143 e. The lowest BCUT2D eigenvalue weighted by atomic mass is 9.85. The summed E-state index contributed by atoms with van der Waals surface area (Å²) in [5.41, 5.74) is 9.19. The van der Waals surface area contributed by atoms with Crippen LogP contribution in [0.25, 0.3) is 98.4 Å². The van der Waals surface area contributed by atoms with Gasteiger partial charge in [-0.25, -0.2) is 0 Å². The van der Waals surface area contributed by atoms with Gasteiger partial charge in [0.1, 0.15) is 11.2 Å². The molecule has 0 aliphatic heterocycles. The summed E-state index contributed by atoms with van der Waals surface area (Å²) >= 11 is 0. The molecule has 9 aromatic carbocycles. The lowest BCUT2D eigenvalue weighted by Gasteiger charge is -2.18. The molecule has 0 unspecified atom stereocenters. The van der Waals surface area contributed by atoms with Crippen LogP contribution in [0.1, 0.15) is 0 Å². The van der Waals surface area contributed by atoms with Crippen molar-refractivity contribution >= 4 is 65.0 Å². The molecule has 0 radical (unpaired) electrons. The van der Waals surface area contributed by atoms with Crippen molar-refractivity contribution in [3.8, 4) is 33.4 Å². The Morgan fingerprint density at radius 1 is 0.333 bits per heavy atom. The van der Waals surface area contributed by atoms with E-state index in [1.165, 1.54) is 81.7 Å². The maximum Gasteiger partial charge on any atom is 0.143 e. The maximum atomic E-state index is 6.69. The summed E-state index contributed by atoms with van der Waals surface area (Å²) in [4.78, 5) is 0. The highest BCUT2D eigenvalue weighted by atomic mass is 16.3. The molecule has 1 heteroatoms. The van der Waals surface area contributed by atoms with Gasteiger partial charge in [0.25, 0.3) is 0 Å². The van der Waals surface area contributed by atoms with Gasteiger partial charge in [0.2, 0.25) is 0 Å². The average Bonchev–Trinajstić information content (AvgIpc) is 3.51. The molecule has 45 heavy (non-hydrogen) atoms. The third-order valence-electron chi connectivity index (χ3n) is 9.61. The zero-order valence-corrected chi connectivity index (χ0v) is 24.4. The topological polar surface area (TPSA) is 13.1 Å². The normalized spacial score (nSPS) is 12.0. The summed E-state index contributed by atoms with van der Waals surface area (Å²) in [6, 6.07) is 57.3. The van der Waals surface area contributed by atoms with E-state index in [-0.39, 0.29) is 0 Å². The van der Waals surface area contributed by atoms with Crippen LogP contribution >= 0.6 is 0 Å². The van der Waals surface area contributed by atoms with Crippen LogP contribution in [0.15, 0.2) is 162 Å². The van der Waals surface area contributed by atoms with E-state index in [1.54, 1.807) is 0 Å². The van der Waals surface area contributed by atoms with Gasteiger partial charge in [-0.3, -0.25) is 0 Å². The molecular weight excluding hydrogens is 544 g/mol. The van der Waals surface area contributed by atoms with Crippen LogP contribution in [0.5, 0.6) is 0 Å². The molecule has 1 nitrogen and oxygen atoms in total. The Balaban J connectivity index is 1.22. The summed E-state index contributed by atoms with van der Waals surface area (Å²) in [6.07, 6.45) is 0. The summed E-state index contributed by atoms with van der Waals surface area (Å²) in [5.74, 6) is 0. The van der Waals surface area contributed by atoms with Crippen molar-refractivity contribution in [3.05, 3.63) is 158 Å². The van der Waals surface area contributed by atoms with E-state index in [0.29, 0.717) is 0 Å². The minimum absolute atomic E-state index is 0.942. The third-order valence-corrected chi connectivity index (χ3v) is 9.61. The van der Waals surface area contributed by atoms with Crippen molar-refractivity contribution in [3.63, 3.8) is 0 Å². The van der Waals surface area contributed by atoms with E-state index in [1.807, 2.05) is 0 Å². The molecule has 0 atom stereocenters. The predicted octanol–water partition coefficient (Wildman–Crippen LogP) is 12.6. The fraction of sp³-hybridized carbons (Fsp3) is 0. The second-order valence-electron chi connectivity index (χ2n) is 12.0. The molecule has 0 amide bonds. The molecule has 0 saturated carbocycles. The fourth-order valence-corrected chi connectivity index (χ4v) is 7.55. The maximum absolute atomic E-state index is 6.69. The van der Waals surface area contributed by atoms with E-state index >= 15 is 0 Å². The van der Waals surface area contributed by atoms with E-state index in [0.717, 1.165) is 16.7 Å². The summed E-state index contributed by atoms with van der Waals surface area (Å²) in [7, 11) is 0. The van der Waals surface area contributed by atoms with Gasteiger partial charge in [-0.05, 0) is 83.5 Å². The first-order chi connectivity index (χ1) is 22.3. The van der Waals surface area contributed by atoms with Gasteiger partial charge in [0, 0.05) is 21.9 Å². The third kappa shape index (κ3) is 3.56. The van der Waals surface area contributed by atoms with Crippen LogP contribution in [0.2, 0.25) is 0 Å². The van der Waals surface area contributed by atoms with Gasteiger partial charge < -0.3 is 4.42 Å². The Morgan fingerprint density at radius 2 is 0.867 bits per heavy atom. The molecule has 0 N–H and O–H groups in total. The Hall–Kier alpha value is -5.92. The van der Waals surface area contributed by atoms with Crippen molar-refractivity contribution < 1.29 is 4.42 Å². The average molecular weight is 571 g/mol. The van der Waals surface area contributed by atoms with Crippen LogP contribution in [0.3, 0.4) is 0 Å². The molecule has 0 saturated heterocycles. The van der Waals surface area contributed by atoms with Crippen LogP contribution in [-0.4, -0.2) is 0 Å². The predicted molar refractivity (Wildman–Crippen MR) is 191 cm³/mol. The number of hydrogen-bond donors (Lipinski definition) is 0. The fourth-order valence-electron chi connectivity index (χ4n) is 7.55. The van der Waals surface area contributed by atoms with Crippen LogP contribution in [0.4, 0.5) is 0 Å². The lowest BCUT2D eigenvalue weighted by Crippen LogP contribution is -1.91. The van der Waals surface area contributed by atoms with Gasteiger partial charge in [0.05, 0.1) is 0 Å². The van der Waals surface area contributed by atoms with Crippen molar-refractivity contribution in [2.45, 2.75) is 0 Å². The molecule has 1 heterocycles. The highest BCUT2D eigenvalue weighted by Gasteiger charge is 2.21. The highest BCUT2D eigenvalue weighted by molar-refractivity contribution is 6.28. The van der Waals surface area contributed by atoms with Gasteiger partial charge in [-0.2, -0.15) is 0 Å².